The Balaban J connectivity index is 2.01. The third-order valence-electron chi connectivity index (χ3n) is 2.19. The van der Waals surface area contributed by atoms with Gasteiger partial charge in [0.25, 0.3) is 0 Å². The first-order valence-corrected chi connectivity index (χ1v) is 6.33. The Bertz CT molecular complexity index is 560. The summed E-state index contributed by atoms with van der Waals surface area (Å²) in [4.78, 5) is 19.5. The van der Waals surface area contributed by atoms with E-state index in [1.165, 1.54) is 12.4 Å². The van der Waals surface area contributed by atoms with Crippen molar-refractivity contribution in [2.75, 3.05) is 5.32 Å². The van der Waals surface area contributed by atoms with Crippen LogP contribution in [0.1, 0.15) is 5.56 Å². The molecule has 0 bridgehead atoms. The number of carbonyl (C=O) groups excluding carboxylic acids is 1. The first-order valence-electron chi connectivity index (χ1n) is 5.16. The van der Waals surface area contributed by atoms with Crippen LogP contribution < -0.4 is 5.32 Å². The Morgan fingerprint density at radius 3 is 2.56 bits per heavy atom. The van der Waals surface area contributed by atoms with E-state index < -0.39 is 0 Å². The van der Waals surface area contributed by atoms with Crippen LogP contribution in [0.5, 0.6) is 0 Å². The Labute approximate surface area is 118 Å². The zero-order chi connectivity index (χ0) is 13.0. The Kier molecular flexibility index (Phi) is 4.28. The average Bonchev–Trinajstić information content (AvgIpc) is 2.35. The first-order chi connectivity index (χ1) is 8.65. The largest absolute Gasteiger partial charge is 0.308 e. The van der Waals surface area contributed by atoms with Gasteiger partial charge >= 0.3 is 0 Å². The molecule has 0 saturated carbocycles. The molecule has 1 heterocycles. The second-order valence-corrected chi connectivity index (χ2v) is 4.82. The molecule has 18 heavy (non-hydrogen) atoms. The monoisotopic (exact) mass is 325 g/mol. The van der Waals surface area contributed by atoms with Gasteiger partial charge in [-0.15, -0.1) is 0 Å². The van der Waals surface area contributed by atoms with Gasteiger partial charge in [0.1, 0.15) is 0 Å². The van der Waals surface area contributed by atoms with Gasteiger partial charge in [-0.2, -0.15) is 0 Å². The average molecular weight is 327 g/mol. The van der Waals surface area contributed by atoms with Crippen molar-refractivity contribution in [3.8, 4) is 0 Å². The number of nitrogens with zero attached hydrogens (tertiary/aromatic N) is 2. The van der Waals surface area contributed by atoms with E-state index >= 15 is 0 Å². The van der Waals surface area contributed by atoms with Crippen LogP contribution in [0.2, 0.25) is 5.15 Å². The van der Waals surface area contributed by atoms with Gasteiger partial charge in [-0.1, -0.05) is 39.7 Å². The standard InChI is InChI=1S/C12H9BrClN3O/c13-9-3-1-8(2-4-9)7-10(18)17-12-11(14)15-5-6-16-12/h1-6H,7H2,(H,16,17,18). The van der Waals surface area contributed by atoms with Gasteiger partial charge in [0, 0.05) is 16.9 Å². The summed E-state index contributed by atoms with van der Waals surface area (Å²) in [6, 6.07) is 7.53. The molecule has 2 rings (SSSR count). The lowest BCUT2D eigenvalue weighted by atomic mass is 10.1. The molecule has 1 N–H and O–H groups in total. The molecular weight excluding hydrogens is 318 g/mol. The summed E-state index contributed by atoms with van der Waals surface area (Å²) in [5.41, 5.74) is 0.913. The fourth-order valence-electron chi connectivity index (χ4n) is 1.37. The van der Waals surface area contributed by atoms with Gasteiger partial charge in [0.15, 0.2) is 11.0 Å². The molecule has 0 atom stereocenters. The minimum absolute atomic E-state index is 0.181. The SMILES string of the molecule is O=C(Cc1ccc(Br)cc1)Nc1nccnc1Cl. The maximum absolute atomic E-state index is 11.8. The van der Waals surface area contributed by atoms with Crippen LogP contribution in [0.15, 0.2) is 41.1 Å². The number of rotatable bonds is 3. The molecule has 0 radical (unpaired) electrons. The molecule has 0 aliphatic rings. The second-order valence-electron chi connectivity index (χ2n) is 3.55. The second kappa shape index (κ2) is 5.93. The number of benzene rings is 1. The van der Waals surface area contributed by atoms with Crippen molar-refractivity contribution < 1.29 is 4.79 Å². The van der Waals surface area contributed by atoms with Gasteiger partial charge < -0.3 is 5.32 Å². The minimum Gasteiger partial charge on any atom is -0.308 e. The van der Waals surface area contributed by atoms with Crippen LogP contribution in [0.25, 0.3) is 0 Å². The van der Waals surface area contributed by atoms with Crippen molar-refractivity contribution in [2.24, 2.45) is 0 Å². The van der Waals surface area contributed by atoms with Crippen molar-refractivity contribution in [1.29, 1.82) is 0 Å². The molecule has 1 amide bonds. The smallest absolute Gasteiger partial charge is 0.230 e. The summed E-state index contributed by atoms with van der Waals surface area (Å²) >= 11 is 9.14. The highest BCUT2D eigenvalue weighted by atomic mass is 79.9. The van der Waals surface area contributed by atoms with E-state index in [9.17, 15) is 4.79 Å². The van der Waals surface area contributed by atoms with Crippen LogP contribution in [-0.2, 0) is 11.2 Å². The molecule has 1 aromatic carbocycles. The number of aromatic nitrogens is 2. The van der Waals surface area contributed by atoms with E-state index in [0.29, 0.717) is 0 Å². The third kappa shape index (κ3) is 3.51. The number of carbonyl (C=O) groups is 1. The van der Waals surface area contributed by atoms with Gasteiger partial charge in [0.2, 0.25) is 5.91 Å². The van der Waals surface area contributed by atoms with E-state index in [-0.39, 0.29) is 23.3 Å². The molecule has 0 aliphatic carbocycles. The van der Waals surface area contributed by atoms with Crippen LogP contribution >= 0.6 is 27.5 Å². The summed E-state index contributed by atoms with van der Waals surface area (Å²) < 4.78 is 0.976. The molecule has 0 aliphatic heterocycles. The highest BCUT2D eigenvalue weighted by Crippen LogP contribution is 2.15. The molecule has 92 valence electrons. The lowest BCUT2D eigenvalue weighted by Gasteiger charge is -2.05. The summed E-state index contributed by atoms with van der Waals surface area (Å²) in [6.07, 6.45) is 3.20. The number of hydrogen-bond acceptors (Lipinski definition) is 3. The van der Waals surface area contributed by atoms with E-state index in [1.807, 2.05) is 24.3 Å². The lowest BCUT2D eigenvalue weighted by Crippen LogP contribution is -2.15. The van der Waals surface area contributed by atoms with Crippen molar-refractivity contribution >= 4 is 39.3 Å². The molecule has 0 fully saturated rings. The fourth-order valence-corrected chi connectivity index (χ4v) is 1.79. The number of hydrogen-bond donors (Lipinski definition) is 1. The summed E-state index contributed by atoms with van der Waals surface area (Å²) in [5.74, 6) is 0.0981. The topological polar surface area (TPSA) is 54.9 Å². The van der Waals surface area contributed by atoms with Crippen LogP contribution in [0.4, 0.5) is 5.82 Å². The van der Waals surface area contributed by atoms with E-state index in [2.05, 4.69) is 31.2 Å². The van der Waals surface area contributed by atoms with Crippen molar-refractivity contribution in [3.63, 3.8) is 0 Å². The zero-order valence-corrected chi connectivity index (χ0v) is 11.6. The van der Waals surface area contributed by atoms with Crippen LogP contribution in [0.3, 0.4) is 0 Å². The predicted octanol–water partition coefficient (Wildman–Crippen LogP) is 3.07. The minimum atomic E-state index is -0.181. The molecule has 0 unspecified atom stereocenters. The number of anilines is 1. The highest BCUT2D eigenvalue weighted by molar-refractivity contribution is 9.10. The Morgan fingerprint density at radius 1 is 1.22 bits per heavy atom. The molecule has 1 aromatic heterocycles. The number of amides is 1. The third-order valence-corrected chi connectivity index (χ3v) is 2.99. The molecule has 2 aromatic rings. The van der Waals surface area contributed by atoms with Crippen molar-refractivity contribution in [1.82, 2.24) is 9.97 Å². The molecule has 6 heteroatoms. The molecule has 0 saturated heterocycles. The van der Waals surface area contributed by atoms with Gasteiger partial charge in [0.05, 0.1) is 6.42 Å². The summed E-state index contributed by atoms with van der Waals surface area (Å²) in [6.45, 7) is 0. The molecule has 4 nitrogen and oxygen atoms in total. The Morgan fingerprint density at radius 2 is 1.89 bits per heavy atom. The Hall–Kier alpha value is -1.46. The van der Waals surface area contributed by atoms with E-state index in [4.69, 9.17) is 11.6 Å². The van der Waals surface area contributed by atoms with Crippen molar-refractivity contribution in [2.45, 2.75) is 6.42 Å². The fraction of sp³-hybridized carbons (Fsp3) is 0.0833. The maximum atomic E-state index is 11.8. The van der Waals surface area contributed by atoms with Gasteiger partial charge in [-0.3, -0.25) is 4.79 Å². The quantitative estimate of drug-likeness (QED) is 0.943. The summed E-state index contributed by atoms with van der Waals surface area (Å²) in [7, 11) is 0. The zero-order valence-electron chi connectivity index (χ0n) is 9.23. The molecular formula is C12H9BrClN3O. The number of nitrogens with one attached hydrogen (secondary N) is 1. The highest BCUT2D eigenvalue weighted by Gasteiger charge is 2.08. The van der Waals surface area contributed by atoms with E-state index in [0.717, 1.165) is 10.0 Å². The predicted molar refractivity (Wildman–Crippen MR) is 73.5 cm³/mol. The van der Waals surface area contributed by atoms with Crippen molar-refractivity contribution in [3.05, 3.63) is 51.8 Å². The lowest BCUT2D eigenvalue weighted by molar-refractivity contribution is -0.115. The maximum Gasteiger partial charge on any atom is 0.230 e. The normalized spacial score (nSPS) is 10.1. The number of halogens is 2. The van der Waals surface area contributed by atoms with Crippen LogP contribution in [-0.4, -0.2) is 15.9 Å². The van der Waals surface area contributed by atoms with Gasteiger partial charge in [-0.05, 0) is 17.7 Å². The van der Waals surface area contributed by atoms with Gasteiger partial charge in [-0.25, -0.2) is 9.97 Å². The summed E-state index contributed by atoms with van der Waals surface area (Å²) in [5, 5.41) is 2.80. The molecule has 0 spiro atoms. The van der Waals surface area contributed by atoms with E-state index in [1.54, 1.807) is 0 Å². The first kappa shape index (κ1) is 13.0. The van der Waals surface area contributed by atoms with Crippen LogP contribution in [0, 0.1) is 0 Å².